The number of fused-ring (bicyclic) bond motifs is 3. The number of halogens is 3. The van der Waals surface area contributed by atoms with Crippen molar-refractivity contribution >= 4 is 40.5 Å². The van der Waals surface area contributed by atoms with Crippen LogP contribution in [0.2, 0.25) is 15.1 Å². The van der Waals surface area contributed by atoms with Gasteiger partial charge in [-0.15, -0.1) is 0 Å². The van der Waals surface area contributed by atoms with Gasteiger partial charge in [0.25, 0.3) is 0 Å². The summed E-state index contributed by atoms with van der Waals surface area (Å²) in [5.74, 6) is 0. The Morgan fingerprint density at radius 1 is 0.900 bits per heavy atom. The third kappa shape index (κ3) is 2.23. The molecule has 0 spiro atoms. The Hall–Kier alpha value is -1.06. The maximum absolute atomic E-state index is 9.00. The van der Waals surface area contributed by atoms with E-state index in [1.165, 1.54) is 0 Å². The minimum Gasteiger partial charge on any atom is -0.394 e. The summed E-state index contributed by atoms with van der Waals surface area (Å²) >= 11 is 18.5. The van der Waals surface area contributed by atoms with E-state index in [1.807, 2.05) is 24.3 Å². The Labute approximate surface area is 131 Å². The van der Waals surface area contributed by atoms with Crippen molar-refractivity contribution in [2.45, 2.75) is 0 Å². The molecule has 0 atom stereocenters. The second-order valence-corrected chi connectivity index (χ2v) is 5.73. The third-order valence-corrected chi connectivity index (χ3v) is 3.94. The molecule has 2 nitrogen and oxygen atoms in total. The first-order chi connectivity index (χ1) is 9.61. The molecule has 0 fully saturated rings. The van der Waals surface area contributed by atoms with Gasteiger partial charge in [-0.1, -0.05) is 40.9 Å². The number of benzene rings is 2. The molecule has 2 aromatic carbocycles. The van der Waals surface area contributed by atoms with Gasteiger partial charge in [0.2, 0.25) is 0 Å². The second-order valence-electron chi connectivity index (χ2n) is 4.45. The van der Waals surface area contributed by atoms with E-state index in [-0.39, 0.29) is 6.61 Å². The summed E-state index contributed by atoms with van der Waals surface area (Å²) < 4.78 is 0. The second kappa shape index (κ2) is 5.38. The van der Waals surface area contributed by atoms with Crippen molar-refractivity contribution < 1.29 is 5.11 Å². The lowest BCUT2D eigenvalue weighted by Gasteiger charge is -2.04. The Balaban J connectivity index is 2.32. The number of aliphatic hydroxyl groups is 1. The Morgan fingerprint density at radius 3 is 2.40 bits per heavy atom. The first-order valence-corrected chi connectivity index (χ1v) is 7.20. The summed E-state index contributed by atoms with van der Waals surface area (Å²) in [6, 6.07) is 9.17. The van der Waals surface area contributed by atoms with Crippen LogP contribution in [-0.2, 0) is 0 Å². The summed E-state index contributed by atoms with van der Waals surface area (Å²) in [6.07, 6.45) is 0. The van der Waals surface area contributed by atoms with Crippen molar-refractivity contribution in [1.82, 2.24) is 0 Å². The standard InChI is InChI=1S/C15H10Cl3NO/c16-8-1-2-10-11(5-8)15(19-3-4-20)12-6-9(17)7-13(18)14(10)12/h1-2,5-7,20H,3-4H2. The average molecular weight is 327 g/mol. The minimum atomic E-state index is -0.0109. The lowest BCUT2D eigenvalue weighted by molar-refractivity contribution is 0.307. The molecule has 5 heteroatoms. The number of aliphatic hydroxyl groups excluding tert-OH is 1. The molecule has 3 rings (SSSR count). The van der Waals surface area contributed by atoms with Crippen molar-refractivity contribution in [3.8, 4) is 11.1 Å². The molecular formula is C15H10Cl3NO. The largest absolute Gasteiger partial charge is 0.394 e. The molecule has 1 N–H and O–H groups in total. The van der Waals surface area contributed by atoms with E-state index in [9.17, 15) is 0 Å². The van der Waals surface area contributed by atoms with Gasteiger partial charge in [-0.25, -0.2) is 0 Å². The molecule has 0 saturated heterocycles. The molecule has 0 unspecified atom stereocenters. The molecular weight excluding hydrogens is 317 g/mol. The van der Waals surface area contributed by atoms with Crippen LogP contribution in [0.25, 0.3) is 11.1 Å². The fraction of sp³-hybridized carbons (Fsp3) is 0.133. The molecule has 0 heterocycles. The quantitative estimate of drug-likeness (QED) is 0.741. The van der Waals surface area contributed by atoms with Crippen LogP contribution in [0.1, 0.15) is 11.1 Å². The van der Waals surface area contributed by atoms with Crippen LogP contribution in [0.3, 0.4) is 0 Å². The van der Waals surface area contributed by atoms with E-state index < -0.39 is 0 Å². The van der Waals surface area contributed by atoms with E-state index in [2.05, 4.69) is 4.99 Å². The Bertz CT molecular complexity index is 725. The van der Waals surface area contributed by atoms with Gasteiger partial charge in [-0.3, -0.25) is 4.99 Å². The molecule has 1 aliphatic rings. The van der Waals surface area contributed by atoms with Crippen LogP contribution in [-0.4, -0.2) is 24.0 Å². The smallest absolute Gasteiger partial charge is 0.0734 e. The van der Waals surface area contributed by atoms with Crippen LogP contribution in [0.4, 0.5) is 0 Å². The summed E-state index contributed by atoms with van der Waals surface area (Å²) in [7, 11) is 0. The van der Waals surface area contributed by atoms with Crippen molar-refractivity contribution in [2.75, 3.05) is 13.2 Å². The third-order valence-electron chi connectivity index (χ3n) is 3.19. The number of hydrogen-bond acceptors (Lipinski definition) is 2. The van der Waals surface area contributed by atoms with Crippen molar-refractivity contribution in [3.63, 3.8) is 0 Å². The molecule has 0 amide bonds. The van der Waals surface area contributed by atoms with Crippen LogP contribution in [0.5, 0.6) is 0 Å². The topological polar surface area (TPSA) is 32.6 Å². The summed E-state index contributed by atoms with van der Waals surface area (Å²) in [6.45, 7) is 0.313. The van der Waals surface area contributed by atoms with Gasteiger partial charge in [-0.2, -0.15) is 0 Å². The molecule has 0 bridgehead atoms. The SMILES string of the molecule is OCCN=C1c2cc(Cl)ccc2-c2c(Cl)cc(Cl)cc21. The van der Waals surface area contributed by atoms with Crippen LogP contribution in [0, 0.1) is 0 Å². The minimum absolute atomic E-state index is 0.0109. The summed E-state index contributed by atoms with van der Waals surface area (Å²) in [5.41, 5.74) is 4.48. The van der Waals surface area contributed by atoms with Crippen LogP contribution < -0.4 is 0 Å². The first kappa shape index (κ1) is 13.9. The number of nitrogens with zero attached hydrogens (tertiary/aromatic N) is 1. The molecule has 0 aliphatic heterocycles. The highest BCUT2D eigenvalue weighted by Gasteiger charge is 2.27. The van der Waals surface area contributed by atoms with Gasteiger partial charge >= 0.3 is 0 Å². The van der Waals surface area contributed by atoms with E-state index in [0.717, 1.165) is 28.0 Å². The lowest BCUT2D eigenvalue weighted by Crippen LogP contribution is -2.01. The normalized spacial score (nSPS) is 14.5. The first-order valence-electron chi connectivity index (χ1n) is 6.07. The molecule has 0 radical (unpaired) electrons. The maximum Gasteiger partial charge on any atom is 0.0734 e. The fourth-order valence-electron chi connectivity index (χ4n) is 2.44. The zero-order valence-corrected chi connectivity index (χ0v) is 12.6. The number of rotatable bonds is 2. The molecule has 1 aliphatic carbocycles. The molecule has 102 valence electrons. The fourth-order valence-corrected chi connectivity index (χ4v) is 3.21. The van der Waals surface area contributed by atoms with Gasteiger partial charge in [0.1, 0.15) is 0 Å². The monoisotopic (exact) mass is 325 g/mol. The van der Waals surface area contributed by atoms with Crippen molar-refractivity contribution in [2.24, 2.45) is 4.99 Å². The highest BCUT2D eigenvalue weighted by Crippen LogP contribution is 2.43. The van der Waals surface area contributed by atoms with Gasteiger partial charge in [0.15, 0.2) is 0 Å². The van der Waals surface area contributed by atoms with Gasteiger partial charge < -0.3 is 5.11 Å². The Morgan fingerprint density at radius 2 is 1.65 bits per heavy atom. The zero-order valence-electron chi connectivity index (χ0n) is 10.3. The molecule has 20 heavy (non-hydrogen) atoms. The van der Waals surface area contributed by atoms with E-state index in [1.54, 1.807) is 6.07 Å². The number of hydrogen-bond donors (Lipinski definition) is 1. The van der Waals surface area contributed by atoms with Crippen LogP contribution >= 0.6 is 34.8 Å². The maximum atomic E-state index is 9.00. The Kier molecular flexibility index (Phi) is 3.74. The van der Waals surface area contributed by atoms with Crippen LogP contribution in [0.15, 0.2) is 35.3 Å². The van der Waals surface area contributed by atoms with E-state index in [4.69, 9.17) is 39.9 Å². The molecule has 2 aromatic rings. The van der Waals surface area contributed by atoms with E-state index in [0.29, 0.717) is 21.6 Å². The van der Waals surface area contributed by atoms with Crippen molar-refractivity contribution in [1.29, 1.82) is 0 Å². The van der Waals surface area contributed by atoms with Crippen molar-refractivity contribution in [3.05, 3.63) is 56.5 Å². The van der Waals surface area contributed by atoms with Gasteiger partial charge in [-0.05, 0) is 29.8 Å². The van der Waals surface area contributed by atoms with Gasteiger partial charge in [0.05, 0.1) is 23.9 Å². The number of aliphatic imine (C=N–C) groups is 1. The predicted octanol–water partition coefficient (Wildman–Crippen LogP) is 4.46. The van der Waals surface area contributed by atoms with Gasteiger partial charge in [0, 0.05) is 26.7 Å². The molecule has 0 aromatic heterocycles. The zero-order chi connectivity index (χ0) is 14.3. The summed E-state index contributed by atoms with van der Waals surface area (Å²) in [5, 5.41) is 10.8. The summed E-state index contributed by atoms with van der Waals surface area (Å²) in [4.78, 5) is 4.44. The average Bonchev–Trinajstić information content (AvgIpc) is 2.69. The highest BCUT2D eigenvalue weighted by atomic mass is 35.5. The molecule has 0 saturated carbocycles. The van der Waals surface area contributed by atoms with E-state index >= 15 is 0 Å². The predicted molar refractivity (Wildman–Crippen MR) is 84.5 cm³/mol. The highest BCUT2D eigenvalue weighted by molar-refractivity contribution is 6.40. The lowest BCUT2D eigenvalue weighted by atomic mass is 10.1.